The van der Waals surface area contributed by atoms with E-state index in [4.69, 9.17) is 5.11 Å². The van der Waals surface area contributed by atoms with E-state index in [9.17, 15) is 4.79 Å². The van der Waals surface area contributed by atoms with Crippen molar-refractivity contribution in [1.82, 2.24) is 5.32 Å². The van der Waals surface area contributed by atoms with Gasteiger partial charge in [0.05, 0.1) is 6.54 Å². The fraction of sp³-hybridized carbons (Fsp3) is 0.900. The molecule has 0 aliphatic heterocycles. The van der Waals surface area contributed by atoms with Crippen LogP contribution >= 0.6 is 0 Å². The average molecular weight is 185 g/mol. The van der Waals surface area contributed by atoms with Gasteiger partial charge in [-0.2, -0.15) is 0 Å². The second kappa shape index (κ2) is 5.22. The highest BCUT2D eigenvalue weighted by atomic mass is 16.4. The van der Waals surface area contributed by atoms with E-state index in [2.05, 4.69) is 12.2 Å². The summed E-state index contributed by atoms with van der Waals surface area (Å²) in [6.07, 6.45) is 6.07. The van der Waals surface area contributed by atoms with Crippen molar-refractivity contribution in [2.75, 3.05) is 6.54 Å². The molecule has 0 amide bonds. The quantitative estimate of drug-likeness (QED) is 0.700. The van der Waals surface area contributed by atoms with E-state index in [1.54, 1.807) is 0 Å². The molecule has 3 heteroatoms. The van der Waals surface area contributed by atoms with Crippen LogP contribution in [-0.2, 0) is 4.79 Å². The van der Waals surface area contributed by atoms with Crippen molar-refractivity contribution in [3.8, 4) is 0 Å². The largest absolute Gasteiger partial charge is 0.480 e. The Morgan fingerprint density at radius 1 is 1.38 bits per heavy atom. The van der Waals surface area contributed by atoms with Crippen molar-refractivity contribution in [2.24, 2.45) is 5.92 Å². The van der Waals surface area contributed by atoms with E-state index >= 15 is 0 Å². The molecule has 0 aromatic rings. The van der Waals surface area contributed by atoms with Crippen LogP contribution in [0.3, 0.4) is 0 Å². The van der Waals surface area contributed by atoms with Gasteiger partial charge in [-0.05, 0) is 31.6 Å². The van der Waals surface area contributed by atoms with Crippen molar-refractivity contribution in [3.63, 3.8) is 0 Å². The second-order valence-corrected chi connectivity index (χ2v) is 3.90. The standard InChI is InChI=1S/C10H19NO2/c1-2-8-3-5-9(6-4-8)11-7-10(12)13/h8-9,11H,2-7H2,1H3,(H,12,13). The topological polar surface area (TPSA) is 49.3 Å². The van der Waals surface area contributed by atoms with Gasteiger partial charge in [0.15, 0.2) is 0 Å². The summed E-state index contributed by atoms with van der Waals surface area (Å²) < 4.78 is 0. The average Bonchev–Trinajstić information content (AvgIpc) is 2.15. The molecule has 1 fully saturated rings. The number of rotatable bonds is 4. The van der Waals surface area contributed by atoms with Crippen LogP contribution in [0.5, 0.6) is 0 Å². The Morgan fingerprint density at radius 2 is 2.00 bits per heavy atom. The summed E-state index contributed by atoms with van der Waals surface area (Å²) in [6, 6.07) is 0.443. The molecule has 2 N–H and O–H groups in total. The molecule has 0 heterocycles. The van der Waals surface area contributed by atoms with Crippen molar-refractivity contribution < 1.29 is 9.90 Å². The summed E-state index contributed by atoms with van der Waals surface area (Å²) in [6.45, 7) is 2.34. The van der Waals surface area contributed by atoms with E-state index < -0.39 is 5.97 Å². The predicted octanol–water partition coefficient (Wildman–Crippen LogP) is 1.63. The molecule has 0 atom stereocenters. The molecule has 0 unspecified atom stereocenters. The number of carboxylic acid groups (broad SMARTS) is 1. The first kappa shape index (κ1) is 10.5. The van der Waals surface area contributed by atoms with Crippen LogP contribution in [0.4, 0.5) is 0 Å². The van der Waals surface area contributed by atoms with E-state index in [1.807, 2.05) is 0 Å². The first-order valence-corrected chi connectivity index (χ1v) is 5.17. The zero-order valence-electron chi connectivity index (χ0n) is 8.25. The van der Waals surface area contributed by atoms with E-state index in [0.717, 1.165) is 18.8 Å². The number of nitrogens with one attached hydrogen (secondary N) is 1. The minimum atomic E-state index is -0.752. The van der Waals surface area contributed by atoms with E-state index in [1.165, 1.54) is 19.3 Å². The Balaban J connectivity index is 2.14. The van der Waals surface area contributed by atoms with Crippen LogP contribution in [0.15, 0.2) is 0 Å². The smallest absolute Gasteiger partial charge is 0.317 e. The van der Waals surface area contributed by atoms with Gasteiger partial charge in [0.25, 0.3) is 0 Å². The minimum Gasteiger partial charge on any atom is -0.480 e. The van der Waals surface area contributed by atoms with Gasteiger partial charge in [0, 0.05) is 6.04 Å². The molecule has 0 saturated heterocycles. The lowest BCUT2D eigenvalue weighted by atomic mass is 9.84. The molecule has 76 valence electrons. The highest BCUT2D eigenvalue weighted by Gasteiger charge is 2.19. The molecule has 13 heavy (non-hydrogen) atoms. The zero-order chi connectivity index (χ0) is 9.68. The molecule has 1 aliphatic carbocycles. The third kappa shape index (κ3) is 3.77. The van der Waals surface area contributed by atoms with Crippen LogP contribution < -0.4 is 5.32 Å². The predicted molar refractivity (Wildman–Crippen MR) is 51.7 cm³/mol. The van der Waals surface area contributed by atoms with Crippen LogP contribution in [-0.4, -0.2) is 23.7 Å². The molecule has 1 aliphatic rings. The van der Waals surface area contributed by atoms with Gasteiger partial charge in [0.2, 0.25) is 0 Å². The lowest BCUT2D eigenvalue weighted by Crippen LogP contribution is -2.36. The fourth-order valence-corrected chi connectivity index (χ4v) is 2.01. The molecule has 1 saturated carbocycles. The van der Waals surface area contributed by atoms with Gasteiger partial charge in [-0.1, -0.05) is 13.3 Å². The number of carbonyl (C=O) groups is 1. The van der Waals surface area contributed by atoms with Gasteiger partial charge >= 0.3 is 5.97 Å². The highest BCUT2D eigenvalue weighted by Crippen LogP contribution is 2.26. The van der Waals surface area contributed by atoms with E-state index in [0.29, 0.717) is 6.04 Å². The SMILES string of the molecule is CCC1CCC(NCC(=O)O)CC1. The molecule has 0 spiro atoms. The van der Waals surface area contributed by atoms with Gasteiger partial charge in [-0.3, -0.25) is 4.79 Å². The Morgan fingerprint density at radius 3 is 2.46 bits per heavy atom. The summed E-state index contributed by atoms with van der Waals surface area (Å²) in [5.74, 6) is 0.125. The summed E-state index contributed by atoms with van der Waals surface area (Å²) in [4.78, 5) is 10.3. The molecule has 0 aromatic carbocycles. The Labute approximate surface area is 79.5 Å². The van der Waals surface area contributed by atoms with Gasteiger partial charge in [-0.25, -0.2) is 0 Å². The Hall–Kier alpha value is -0.570. The highest BCUT2D eigenvalue weighted by molar-refractivity contribution is 5.69. The van der Waals surface area contributed by atoms with Crippen molar-refractivity contribution in [1.29, 1.82) is 0 Å². The molecular formula is C10H19NO2. The molecule has 0 bridgehead atoms. The number of hydrogen-bond acceptors (Lipinski definition) is 2. The van der Waals surface area contributed by atoms with Gasteiger partial charge in [-0.15, -0.1) is 0 Å². The molecule has 0 aromatic heterocycles. The molecular weight excluding hydrogens is 166 g/mol. The van der Waals surface area contributed by atoms with Crippen molar-refractivity contribution >= 4 is 5.97 Å². The van der Waals surface area contributed by atoms with Crippen LogP contribution in [0, 0.1) is 5.92 Å². The van der Waals surface area contributed by atoms with E-state index in [-0.39, 0.29) is 6.54 Å². The third-order valence-corrected chi connectivity index (χ3v) is 2.97. The number of carboxylic acids is 1. The maximum absolute atomic E-state index is 10.3. The Bertz CT molecular complexity index is 162. The molecule has 3 nitrogen and oxygen atoms in total. The number of aliphatic carboxylic acids is 1. The minimum absolute atomic E-state index is 0.113. The van der Waals surface area contributed by atoms with Crippen LogP contribution in [0.1, 0.15) is 39.0 Å². The lowest BCUT2D eigenvalue weighted by Gasteiger charge is -2.27. The Kier molecular flexibility index (Phi) is 4.22. The van der Waals surface area contributed by atoms with Crippen LogP contribution in [0.2, 0.25) is 0 Å². The maximum Gasteiger partial charge on any atom is 0.317 e. The molecule has 0 radical (unpaired) electrons. The summed E-state index contributed by atoms with van der Waals surface area (Å²) in [5.41, 5.74) is 0. The molecule has 1 rings (SSSR count). The first-order chi connectivity index (χ1) is 6.22. The lowest BCUT2D eigenvalue weighted by molar-refractivity contribution is -0.136. The summed E-state index contributed by atoms with van der Waals surface area (Å²) >= 11 is 0. The second-order valence-electron chi connectivity index (χ2n) is 3.90. The van der Waals surface area contributed by atoms with Crippen molar-refractivity contribution in [3.05, 3.63) is 0 Å². The maximum atomic E-state index is 10.3. The van der Waals surface area contributed by atoms with Gasteiger partial charge < -0.3 is 10.4 Å². The zero-order valence-corrected chi connectivity index (χ0v) is 8.25. The monoisotopic (exact) mass is 185 g/mol. The number of hydrogen-bond donors (Lipinski definition) is 2. The van der Waals surface area contributed by atoms with Crippen LogP contribution in [0.25, 0.3) is 0 Å². The summed E-state index contributed by atoms with van der Waals surface area (Å²) in [7, 11) is 0. The fourth-order valence-electron chi connectivity index (χ4n) is 2.01. The van der Waals surface area contributed by atoms with Crippen molar-refractivity contribution in [2.45, 2.75) is 45.1 Å². The third-order valence-electron chi connectivity index (χ3n) is 2.97. The normalized spacial score (nSPS) is 28.7. The van der Waals surface area contributed by atoms with Gasteiger partial charge in [0.1, 0.15) is 0 Å². The first-order valence-electron chi connectivity index (χ1n) is 5.17. The summed E-state index contributed by atoms with van der Waals surface area (Å²) in [5, 5.41) is 11.5.